The van der Waals surface area contributed by atoms with Gasteiger partial charge in [0, 0.05) is 24.8 Å². The van der Waals surface area contributed by atoms with E-state index in [0.29, 0.717) is 25.9 Å². The van der Waals surface area contributed by atoms with Crippen LogP contribution in [-0.2, 0) is 19.0 Å². The van der Waals surface area contributed by atoms with Gasteiger partial charge in [-0.2, -0.15) is 0 Å². The van der Waals surface area contributed by atoms with Crippen molar-refractivity contribution in [3.63, 3.8) is 0 Å². The summed E-state index contributed by atoms with van der Waals surface area (Å²) in [6, 6.07) is 0. The van der Waals surface area contributed by atoms with Crippen LogP contribution in [0.1, 0.15) is 103 Å². The number of hydrogen-bond donors (Lipinski definition) is 2. The standard InChI is InChI=1S/C26H44O6/c1-2-3-4-5-6-7-8-9-10-11-12-13-21(27)16-20-19-30-26(17-22(20)28)18-24-23(32-26)14-15-25(29)31-24/h14-15,20-24,27-28H,2-13,16-19H2,1H3. The van der Waals surface area contributed by atoms with Crippen LogP contribution in [-0.4, -0.2) is 53.0 Å². The van der Waals surface area contributed by atoms with Crippen molar-refractivity contribution in [1.82, 2.24) is 0 Å². The Morgan fingerprint density at radius 1 is 1.03 bits per heavy atom. The Kier molecular flexibility index (Phi) is 10.5. The number of ether oxygens (including phenoxy) is 3. The van der Waals surface area contributed by atoms with Crippen LogP contribution in [0.2, 0.25) is 0 Å². The third-order valence-electron chi connectivity index (χ3n) is 7.26. The first-order valence-electron chi connectivity index (χ1n) is 13.1. The van der Waals surface area contributed by atoms with Gasteiger partial charge < -0.3 is 24.4 Å². The van der Waals surface area contributed by atoms with Crippen molar-refractivity contribution in [2.45, 2.75) is 133 Å². The van der Waals surface area contributed by atoms with E-state index in [2.05, 4.69) is 6.92 Å². The molecule has 184 valence electrons. The second-order valence-corrected chi connectivity index (χ2v) is 10.1. The fourth-order valence-electron chi connectivity index (χ4n) is 5.30. The highest BCUT2D eigenvalue weighted by atomic mass is 16.7. The fraction of sp³-hybridized carbons (Fsp3) is 0.885. The lowest BCUT2D eigenvalue weighted by molar-refractivity contribution is -0.272. The first kappa shape index (κ1) is 25.7. The number of aliphatic hydroxyl groups is 2. The lowest BCUT2D eigenvalue weighted by Gasteiger charge is -2.40. The third kappa shape index (κ3) is 7.82. The molecule has 0 aliphatic carbocycles. The van der Waals surface area contributed by atoms with Gasteiger partial charge in [-0.05, 0) is 18.9 Å². The summed E-state index contributed by atoms with van der Waals surface area (Å²) in [6.45, 7) is 2.61. The smallest absolute Gasteiger partial charge is 0.330 e. The molecule has 3 rings (SSSR count). The van der Waals surface area contributed by atoms with E-state index >= 15 is 0 Å². The van der Waals surface area contributed by atoms with Gasteiger partial charge in [-0.1, -0.05) is 77.6 Å². The maximum Gasteiger partial charge on any atom is 0.330 e. The average Bonchev–Trinajstić information content (AvgIpc) is 3.10. The summed E-state index contributed by atoms with van der Waals surface area (Å²) in [7, 11) is 0. The van der Waals surface area contributed by atoms with Gasteiger partial charge in [0.15, 0.2) is 5.79 Å². The Morgan fingerprint density at radius 2 is 1.69 bits per heavy atom. The van der Waals surface area contributed by atoms with E-state index in [0.717, 1.165) is 12.8 Å². The van der Waals surface area contributed by atoms with Gasteiger partial charge >= 0.3 is 5.97 Å². The predicted octanol–water partition coefficient (Wildman–Crippen LogP) is 4.80. The summed E-state index contributed by atoms with van der Waals surface area (Å²) in [6.07, 6.45) is 17.9. The van der Waals surface area contributed by atoms with Crippen LogP contribution in [0.3, 0.4) is 0 Å². The van der Waals surface area contributed by atoms with Crippen molar-refractivity contribution >= 4 is 5.97 Å². The van der Waals surface area contributed by atoms with Crippen molar-refractivity contribution < 1.29 is 29.2 Å². The highest BCUT2D eigenvalue weighted by Crippen LogP contribution is 2.43. The Bertz CT molecular complexity index is 593. The van der Waals surface area contributed by atoms with Gasteiger partial charge in [-0.15, -0.1) is 0 Å². The normalized spacial score (nSPS) is 32.8. The van der Waals surface area contributed by atoms with E-state index in [9.17, 15) is 15.0 Å². The van der Waals surface area contributed by atoms with Crippen molar-refractivity contribution in [1.29, 1.82) is 0 Å². The van der Waals surface area contributed by atoms with E-state index in [1.165, 1.54) is 70.3 Å². The van der Waals surface area contributed by atoms with Gasteiger partial charge in [-0.25, -0.2) is 4.79 Å². The molecule has 0 aromatic rings. The van der Waals surface area contributed by atoms with Crippen LogP contribution >= 0.6 is 0 Å². The minimum atomic E-state index is -0.888. The van der Waals surface area contributed by atoms with Crippen LogP contribution in [0.4, 0.5) is 0 Å². The number of rotatable bonds is 14. The Morgan fingerprint density at radius 3 is 2.34 bits per heavy atom. The molecular weight excluding hydrogens is 408 g/mol. The monoisotopic (exact) mass is 452 g/mol. The van der Waals surface area contributed by atoms with Gasteiger partial charge in [-0.3, -0.25) is 0 Å². The molecule has 3 heterocycles. The van der Waals surface area contributed by atoms with E-state index in [4.69, 9.17) is 14.2 Å². The molecule has 2 N–H and O–H groups in total. The zero-order chi connectivity index (χ0) is 22.8. The van der Waals surface area contributed by atoms with Crippen LogP contribution < -0.4 is 0 Å². The van der Waals surface area contributed by atoms with Gasteiger partial charge in [0.1, 0.15) is 12.2 Å². The first-order chi connectivity index (χ1) is 15.5. The van der Waals surface area contributed by atoms with Crippen molar-refractivity contribution in [2.24, 2.45) is 5.92 Å². The Balaban J connectivity index is 1.23. The zero-order valence-electron chi connectivity index (χ0n) is 19.9. The lowest BCUT2D eigenvalue weighted by atomic mass is 9.86. The molecule has 6 unspecified atom stereocenters. The molecule has 0 bridgehead atoms. The molecule has 0 aromatic heterocycles. The number of fused-ring (bicyclic) bond motifs is 1. The minimum absolute atomic E-state index is 0.0901. The van der Waals surface area contributed by atoms with Gasteiger partial charge in [0.05, 0.1) is 18.8 Å². The summed E-state index contributed by atoms with van der Waals surface area (Å²) < 4.78 is 17.3. The molecule has 32 heavy (non-hydrogen) atoms. The highest BCUT2D eigenvalue weighted by molar-refractivity contribution is 5.83. The molecule has 0 radical (unpaired) electrons. The van der Waals surface area contributed by atoms with Crippen LogP contribution in [0, 0.1) is 5.92 Å². The molecule has 6 nitrogen and oxygen atoms in total. The quantitative estimate of drug-likeness (QED) is 0.291. The number of carbonyl (C=O) groups is 1. The van der Waals surface area contributed by atoms with E-state index in [-0.39, 0.29) is 24.1 Å². The second-order valence-electron chi connectivity index (χ2n) is 10.1. The number of hydrogen-bond acceptors (Lipinski definition) is 6. The molecular formula is C26H44O6. The number of carbonyl (C=O) groups excluding carboxylic acids is 1. The average molecular weight is 453 g/mol. The minimum Gasteiger partial charge on any atom is -0.456 e. The number of unbranched alkanes of at least 4 members (excludes halogenated alkanes) is 10. The summed E-state index contributed by atoms with van der Waals surface area (Å²) in [5.74, 6) is -1.33. The summed E-state index contributed by atoms with van der Waals surface area (Å²) in [4.78, 5) is 11.4. The maximum absolute atomic E-state index is 11.4. The number of aliphatic hydroxyl groups excluding tert-OH is 2. The second kappa shape index (κ2) is 13.1. The maximum atomic E-state index is 11.4. The Hall–Kier alpha value is -0.950. The SMILES string of the molecule is CCCCCCCCCCCCCC(O)CC1COC2(CC1O)CC1OC(=O)C=CC1O2. The third-order valence-corrected chi connectivity index (χ3v) is 7.26. The van der Waals surface area contributed by atoms with Crippen molar-refractivity contribution in [3.8, 4) is 0 Å². The molecule has 3 aliphatic rings. The molecule has 2 saturated heterocycles. The molecule has 3 aliphatic heterocycles. The molecule has 2 fully saturated rings. The molecule has 6 atom stereocenters. The molecule has 0 amide bonds. The highest BCUT2D eigenvalue weighted by Gasteiger charge is 2.53. The van der Waals surface area contributed by atoms with Gasteiger partial charge in [0.25, 0.3) is 0 Å². The van der Waals surface area contributed by atoms with Crippen LogP contribution in [0.25, 0.3) is 0 Å². The van der Waals surface area contributed by atoms with E-state index < -0.39 is 18.0 Å². The zero-order valence-corrected chi connectivity index (χ0v) is 19.9. The van der Waals surface area contributed by atoms with E-state index in [1.807, 2.05) is 0 Å². The van der Waals surface area contributed by atoms with Crippen molar-refractivity contribution in [3.05, 3.63) is 12.2 Å². The van der Waals surface area contributed by atoms with Gasteiger partial charge in [0.2, 0.25) is 0 Å². The summed E-state index contributed by atoms with van der Waals surface area (Å²) in [5, 5.41) is 21.1. The van der Waals surface area contributed by atoms with Crippen LogP contribution in [0.5, 0.6) is 0 Å². The molecule has 0 saturated carbocycles. The molecule has 6 heteroatoms. The first-order valence-corrected chi connectivity index (χ1v) is 13.1. The molecule has 0 aromatic carbocycles. The van der Waals surface area contributed by atoms with Crippen molar-refractivity contribution in [2.75, 3.05) is 6.61 Å². The van der Waals surface area contributed by atoms with Crippen LogP contribution in [0.15, 0.2) is 12.2 Å². The van der Waals surface area contributed by atoms with E-state index in [1.54, 1.807) is 6.08 Å². The number of esters is 1. The summed E-state index contributed by atoms with van der Waals surface area (Å²) >= 11 is 0. The lowest BCUT2D eigenvalue weighted by Crippen LogP contribution is -2.47. The summed E-state index contributed by atoms with van der Waals surface area (Å²) in [5.41, 5.74) is 0. The fourth-order valence-corrected chi connectivity index (χ4v) is 5.30. The predicted molar refractivity (Wildman–Crippen MR) is 123 cm³/mol. The molecule has 1 spiro atoms. The Labute approximate surface area is 193 Å². The largest absolute Gasteiger partial charge is 0.456 e. The topological polar surface area (TPSA) is 85.2 Å².